The summed E-state index contributed by atoms with van der Waals surface area (Å²) in [5, 5.41) is 11.4. The summed E-state index contributed by atoms with van der Waals surface area (Å²) in [5.41, 5.74) is -0.178. The second kappa shape index (κ2) is 9.43. The zero-order valence-electron chi connectivity index (χ0n) is 17.8. The van der Waals surface area contributed by atoms with Crippen LogP contribution in [0.25, 0.3) is 0 Å². The first kappa shape index (κ1) is 24.0. The second-order valence-corrected chi connectivity index (χ2v) is 11.1. The number of ether oxygens (including phenoxy) is 1. The van der Waals surface area contributed by atoms with Crippen LogP contribution < -0.4 is 9.46 Å². The Labute approximate surface area is 187 Å². The van der Waals surface area contributed by atoms with Crippen LogP contribution in [0.3, 0.4) is 0 Å². The van der Waals surface area contributed by atoms with Gasteiger partial charge in [-0.3, -0.25) is 14.8 Å². The Morgan fingerprint density at radius 3 is 2.22 bits per heavy atom. The van der Waals surface area contributed by atoms with Crippen LogP contribution in [0, 0.1) is 17.0 Å². The Bertz CT molecular complexity index is 1220. The van der Waals surface area contributed by atoms with E-state index in [1.54, 1.807) is 6.92 Å². The molecule has 1 fully saturated rings. The quantitative estimate of drug-likeness (QED) is 0.471. The van der Waals surface area contributed by atoms with E-state index in [1.165, 1.54) is 35.7 Å². The highest BCUT2D eigenvalue weighted by Crippen LogP contribution is 2.31. The molecule has 174 valence electrons. The lowest BCUT2D eigenvalue weighted by atomic mass is 10.2. The first-order valence-electron chi connectivity index (χ1n) is 10.0. The van der Waals surface area contributed by atoms with Crippen molar-refractivity contribution in [2.75, 3.05) is 24.9 Å². The van der Waals surface area contributed by atoms with Crippen molar-refractivity contribution in [1.82, 2.24) is 4.31 Å². The third kappa shape index (κ3) is 5.03. The molecule has 1 aliphatic rings. The largest absolute Gasteiger partial charge is 0.497 e. The van der Waals surface area contributed by atoms with Crippen LogP contribution in [0.4, 0.5) is 11.4 Å². The number of hydrogen-bond acceptors (Lipinski definition) is 7. The molecule has 0 saturated carbocycles. The van der Waals surface area contributed by atoms with Gasteiger partial charge in [0.2, 0.25) is 10.0 Å². The number of nitrogens with zero attached hydrogens (tertiary/aromatic N) is 2. The predicted molar refractivity (Wildman–Crippen MR) is 119 cm³/mol. The molecular formula is C20H25N3O7S2. The molecule has 0 aromatic heterocycles. The Morgan fingerprint density at radius 2 is 1.62 bits per heavy atom. The molecule has 3 rings (SSSR count). The van der Waals surface area contributed by atoms with Gasteiger partial charge in [-0.25, -0.2) is 16.8 Å². The first-order valence-corrected chi connectivity index (χ1v) is 12.9. The van der Waals surface area contributed by atoms with Crippen LogP contribution >= 0.6 is 0 Å². The third-order valence-corrected chi connectivity index (χ3v) is 8.74. The summed E-state index contributed by atoms with van der Waals surface area (Å²) in [6.07, 6.45) is 3.47. The molecule has 0 aliphatic carbocycles. The van der Waals surface area contributed by atoms with Crippen molar-refractivity contribution in [1.29, 1.82) is 0 Å². The fourth-order valence-electron chi connectivity index (χ4n) is 3.57. The van der Waals surface area contributed by atoms with Gasteiger partial charge in [0.15, 0.2) is 4.90 Å². The van der Waals surface area contributed by atoms with Crippen molar-refractivity contribution in [3.63, 3.8) is 0 Å². The van der Waals surface area contributed by atoms with E-state index in [9.17, 15) is 26.9 Å². The summed E-state index contributed by atoms with van der Waals surface area (Å²) in [5.74, 6) is 0.136. The number of rotatable bonds is 7. The van der Waals surface area contributed by atoms with Crippen molar-refractivity contribution in [3.05, 3.63) is 52.1 Å². The van der Waals surface area contributed by atoms with Crippen LogP contribution in [0.5, 0.6) is 5.75 Å². The lowest BCUT2D eigenvalue weighted by molar-refractivity contribution is -0.387. The van der Waals surface area contributed by atoms with Gasteiger partial charge >= 0.3 is 0 Å². The monoisotopic (exact) mass is 483 g/mol. The highest BCUT2D eigenvalue weighted by Gasteiger charge is 2.29. The number of benzene rings is 2. The average molecular weight is 484 g/mol. The molecule has 1 N–H and O–H groups in total. The van der Waals surface area contributed by atoms with Crippen LogP contribution in [0.15, 0.2) is 46.2 Å². The number of aryl methyl sites for hydroxylation is 1. The van der Waals surface area contributed by atoms with Gasteiger partial charge in [-0.1, -0.05) is 18.9 Å². The molecule has 2 aromatic rings. The van der Waals surface area contributed by atoms with Crippen LogP contribution in [-0.2, 0) is 20.0 Å². The maximum absolute atomic E-state index is 13.2. The molecule has 1 aliphatic heterocycles. The number of hydrogen-bond donors (Lipinski definition) is 1. The van der Waals surface area contributed by atoms with Crippen molar-refractivity contribution < 1.29 is 26.5 Å². The minimum atomic E-state index is -4.38. The highest BCUT2D eigenvalue weighted by molar-refractivity contribution is 7.93. The van der Waals surface area contributed by atoms with E-state index < -0.39 is 35.6 Å². The fourth-order valence-corrected chi connectivity index (χ4v) is 6.54. The van der Waals surface area contributed by atoms with E-state index in [-0.39, 0.29) is 16.3 Å². The molecule has 0 atom stereocenters. The Morgan fingerprint density at radius 1 is 0.969 bits per heavy atom. The number of nitro benzene ring substituents is 1. The normalized spacial score (nSPS) is 15.7. The van der Waals surface area contributed by atoms with E-state index in [1.807, 2.05) is 0 Å². The van der Waals surface area contributed by atoms with Gasteiger partial charge in [0.25, 0.3) is 15.7 Å². The molecule has 10 nitrogen and oxygen atoms in total. The summed E-state index contributed by atoms with van der Waals surface area (Å²) in [6.45, 7) is 2.46. The number of sulfonamides is 2. The number of anilines is 1. The highest BCUT2D eigenvalue weighted by atomic mass is 32.2. The summed E-state index contributed by atoms with van der Waals surface area (Å²) in [4.78, 5) is 10.0. The Hall–Kier alpha value is -2.70. The van der Waals surface area contributed by atoms with Gasteiger partial charge in [0, 0.05) is 13.1 Å². The maximum atomic E-state index is 13.2. The topological polar surface area (TPSA) is 136 Å². The van der Waals surface area contributed by atoms with Crippen LogP contribution in [0.2, 0.25) is 0 Å². The molecule has 12 heteroatoms. The zero-order chi connectivity index (χ0) is 23.5. The van der Waals surface area contributed by atoms with Gasteiger partial charge < -0.3 is 4.74 Å². The van der Waals surface area contributed by atoms with E-state index in [0.29, 0.717) is 18.7 Å². The van der Waals surface area contributed by atoms with Gasteiger partial charge in [0.05, 0.1) is 28.7 Å². The Kier molecular flexibility index (Phi) is 7.06. The molecule has 2 aromatic carbocycles. The van der Waals surface area contributed by atoms with Gasteiger partial charge in [-0.2, -0.15) is 4.31 Å². The van der Waals surface area contributed by atoms with Crippen LogP contribution in [0.1, 0.15) is 31.2 Å². The van der Waals surface area contributed by atoms with Crippen molar-refractivity contribution in [2.45, 2.75) is 42.4 Å². The lowest BCUT2D eigenvalue weighted by Gasteiger charge is -2.21. The molecule has 1 saturated heterocycles. The number of nitro groups is 1. The molecule has 0 amide bonds. The molecular weight excluding hydrogens is 458 g/mol. The summed E-state index contributed by atoms with van der Waals surface area (Å²) < 4.78 is 60.8. The smallest absolute Gasteiger partial charge is 0.293 e. The van der Waals surface area contributed by atoms with Gasteiger partial charge in [-0.05, 0) is 49.6 Å². The number of nitrogens with one attached hydrogen (secondary N) is 1. The molecule has 32 heavy (non-hydrogen) atoms. The van der Waals surface area contributed by atoms with E-state index in [2.05, 4.69) is 4.72 Å². The second-order valence-electron chi connectivity index (χ2n) is 7.49. The van der Waals surface area contributed by atoms with Crippen molar-refractivity contribution in [2.24, 2.45) is 0 Å². The van der Waals surface area contributed by atoms with Gasteiger partial charge in [0.1, 0.15) is 5.75 Å². The predicted octanol–water partition coefficient (Wildman–Crippen LogP) is 3.28. The zero-order valence-corrected chi connectivity index (χ0v) is 19.4. The van der Waals surface area contributed by atoms with Gasteiger partial charge in [-0.15, -0.1) is 0 Å². The summed E-state index contributed by atoms with van der Waals surface area (Å²) in [7, 11) is -6.88. The van der Waals surface area contributed by atoms with E-state index in [0.717, 1.165) is 37.8 Å². The third-order valence-electron chi connectivity index (χ3n) is 5.28. The van der Waals surface area contributed by atoms with Crippen molar-refractivity contribution in [3.8, 4) is 5.75 Å². The standard InChI is InChI=1S/C20H25N3O7S2/c1-15-7-8-16(13-20(15)32(28,29)22-11-5-3-4-6-12-22)21-31(26,27)19-10-9-17(30-2)14-18(19)23(24)25/h7-10,13-14,21H,3-6,11-12H2,1-2H3. The van der Waals surface area contributed by atoms with E-state index >= 15 is 0 Å². The molecule has 0 spiro atoms. The first-order chi connectivity index (χ1) is 15.1. The fraction of sp³-hybridized carbons (Fsp3) is 0.400. The summed E-state index contributed by atoms with van der Waals surface area (Å²) >= 11 is 0. The van der Waals surface area contributed by atoms with Crippen molar-refractivity contribution >= 4 is 31.4 Å². The molecule has 0 unspecified atom stereocenters. The lowest BCUT2D eigenvalue weighted by Crippen LogP contribution is -2.32. The van der Waals surface area contributed by atoms with E-state index in [4.69, 9.17) is 4.74 Å². The Balaban J connectivity index is 1.98. The molecule has 1 heterocycles. The maximum Gasteiger partial charge on any atom is 0.293 e. The summed E-state index contributed by atoms with van der Waals surface area (Å²) in [6, 6.07) is 7.56. The molecule has 0 bridgehead atoms. The number of methoxy groups -OCH3 is 1. The minimum Gasteiger partial charge on any atom is -0.497 e. The minimum absolute atomic E-state index is 0.00355. The van der Waals surface area contributed by atoms with Crippen LogP contribution in [-0.4, -0.2) is 46.3 Å². The average Bonchev–Trinajstić information content (AvgIpc) is 3.04. The molecule has 0 radical (unpaired) electrons. The SMILES string of the molecule is COc1ccc(S(=O)(=O)Nc2ccc(C)c(S(=O)(=O)N3CCCCCC3)c2)c([N+](=O)[O-])c1.